The molecule has 0 aliphatic carbocycles. The number of ether oxygens (including phenoxy) is 2. The number of nitrogens with zero attached hydrogens (tertiary/aromatic N) is 2. The number of rotatable bonds is 6. The average Bonchev–Trinajstić information content (AvgIpc) is 3.10. The molecule has 15 heteroatoms. The van der Waals surface area contributed by atoms with Gasteiger partial charge in [-0.1, -0.05) is 23.9 Å². The molecule has 2 heterocycles. The van der Waals surface area contributed by atoms with Crippen LogP contribution in [0.3, 0.4) is 0 Å². The highest BCUT2D eigenvalue weighted by atomic mass is 32.2. The Morgan fingerprint density at radius 1 is 1.12 bits per heavy atom. The van der Waals surface area contributed by atoms with E-state index in [1.54, 1.807) is 12.1 Å². The quantitative estimate of drug-likeness (QED) is 0.279. The predicted octanol–water partition coefficient (Wildman–Crippen LogP) is 3.16. The van der Waals surface area contributed by atoms with Gasteiger partial charge in [-0.25, -0.2) is 19.5 Å². The maximum absolute atomic E-state index is 12.8. The van der Waals surface area contributed by atoms with Crippen LogP contribution in [0.2, 0.25) is 0 Å². The van der Waals surface area contributed by atoms with Crippen molar-refractivity contribution < 1.29 is 45.4 Å². The number of piperazine rings is 1. The molecule has 3 rings (SSSR count). The fourth-order valence-electron chi connectivity index (χ4n) is 2.81. The van der Waals surface area contributed by atoms with Crippen LogP contribution in [0.1, 0.15) is 0 Å². The van der Waals surface area contributed by atoms with E-state index in [0.717, 1.165) is 15.1 Å². The molecule has 0 atom stereocenters. The SMILES string of the molecule is O=C(OC1(OC(=O)C(F)(F)F)CNCCN1CCSc1nc2ccccc2s1)C(F)(F)F. The lowest BCUT2D eigenvalue weighted by atomic mass is 10.3. The second-order valence-electron chi connectivity index (χ2n) is 6.45. The summed E-state index contributed by atoms with van der Waals surface area (Å²) >= 11 is 2.57. The average molecular weight is 503 g/mol. The number of thioether (sulfide) groups is 1. The second-order valence-corrected chi connectivity index (χ2v) is 8.82. The largest absolute Gasteiger partial charge is 0.491 e. The Hall–Kier alpha value is -2.10. The fraction of sp³-hybridized carbons (Fsp3) is 0.471. The van der Waals surface area contributed by atoms with Crippen LogP contribution in [-0.4, -0.2) is 72.0 Å². The molecule has 176 valence electrons. The van der Waals surface area contributed by atoms with Crippen molar-refractivity contribution >= 4 is 45.3 Å². The van der Waals surface area contributed by atoms with Gasteiger partial charge in [0.1, 0.15) is 0 Å². The van der Waals surface area contributed by atoms with Crippen LogP contribution in [0.15, 0.2) is 28.6 Å². The van der Waals surface area contributed by atoms with Gasteiger partial charge in [-0.15, -0.1) is 11.3 Å². The first-order valence-corrected chi connectivity index (χ1v) is 10.8. The number of benzene rings is 1. The molecular weight excluding hydrogens is 488 g/mol. The minimum atomic E-state index is -5.50. The van der Waals surface area contributed by atoms with E-state index in [9.17, 15) is 35.9 Å². The molecule has 1 aromatic heterocycles. The van der Waals surface area contributed by atoms with E-state index in [2.05, 4.69) is 19.8 Å². The number of hydrogen-bond acceptors (Lipinski definition) is 9. The van der Waals surface area contributed by atoms with E-state index in [1.807, 2.05) is 12.1 Å². The van der Waals surface area contributed by atoms with Gasteiger partial charge in [0.2, 0.25) is 0 Å². The number of nitrogens with one attached hydrogen (secondary N) is 1. The third-order valence-corrected chi connectivity index (χ3v) is 6.38. The first-order chi connectivity index (χ1) is 14.9. The van der Waals surface area contributed by atoms with Gasteiger partial charge >= 0.3 is 30.2 Å². The Balaban J connectivity index is 1.77. The molecular formula is C17H15F6N3O4S2. The highest BCUT2D eigenvalue weighted by Crippen LogP contribution is 2.32. The number of fused-ring (bicyclic) bond motifs is 1. The van der Waals surface area contributed by atoms with Crippen LogP contribution < -0.4 is 5.32 Å². The Bertz CT molecular complexity index is 920. The molecule has 0 amide bonds. The summed E-state index contributed by atoms with van der Waals surface area (Å²) in [4.78, 5) is 28.2. The van der Waals surface area contributed by atoms with Crippen LogP contribution in [0.25, 0.3) is 10.2 Å². The van der Waals surface area contributed by atoms with E-state index in [-0.39, 0.29) is 25.4 Å². The highest BCUT2D eigenvalue weighted by molar-refractivity contribution is 8.01. The number of para-hydroxylation sites is 1. The predicted molar refractivity (Wildman–Crippen MR) is 102 cm³/mol. The maximum Gasteiger partial charge on any atom is 0.491 e. The van der Waals surface area contributed by atoms with Crippen LogP contribution in [0.4, 0.5) is 26.3 Å². The van der Waals surface area contributed by atoms with Crippen molar-refractivity contribution in [2.75, 3.05) is 31.9 Å². The first-order valence-electron chi connectivity index (χ1n) is 8.95. The van der Waals surface area contributed by atoms with Gasteiger partial charge < -0.3 is 14.8 Å². The number of hydrogen-bond donors (Lipinski definition) is 1. The van der Waals surface area contributed by atoms with E-state index in [0.29, 0.717) is 4.34 Å². The lowest BCUT2D eigenvalue weighted by molar-refractivity contribution is -0.318. The monoisotopic (exact) mass is 503 g/mol. The van der Waals surface area contributed by atoms with Crippen molar-refractivity contribution in [3.05, 3.63) is 24.3 Å². The summed E-state index contributed by atoms with van der Waals surface area (Å²) in [5, 5.41) is 2.50. The summed E-state index contributed by atoms with van der Waals surface area (Å²) in [5.74, 6) is -8.31. The van der Waals surface area contributed by atoms with Gasteiger partial charge in [0.05, 0.1) is 16.8 Å². The van der Waals surface area contributed by atoms with Crippen LogP contribution in [-0.2, 0) is 19.1 Å². The molecule has 1 saturated heterocycles. The van der Waals surface area contributed by atoms with Crippen molar-refractivity contribution in [1.29, 1.82) is 0 Å². The van der Waals surface area contributed by atoms with Crippen LogP contribution in [0.5, 0.6) is 0 Å². The van der Waals surface area contributed by atoms with E-state index in [4.69, 9.17) is 0 Å². The molecule has 1 fully saturated rings. The molecule has 0 radical (unpaired) electrons. The molecule has 32 heavy (non-hydrogen) atoms. The molecule has 7 nitrogen and oxygen atoms in total. The summed E-state index contributed by atoms with van der Waals surface area (Å²) in [6.45, 7) is -0.918. The Morgan fingerprint density at radius 2 is 1.75 bits per heavy atom. The maximum atomic E-state index is 12.8. The zero-order valence-electron chi connectivity index (χ0n) is 16.0. The molecule has 1 N–H and O–H groups in total. The second kappa shape index (κ2) is 9.41. The number of carbonyl (C=O) groups excluding carboxylic acids is 2. The van der Waals surface area contributed by atoms with Gasteiger partial charge in [-0.3, -0.25) is 0 Å². The van der Waals surface area contributed by atoms with Gasteiger partial charge in [-0.05, 0) is 12.1 Å². The van der Waals surface area contributed by atoms with Crippen LogP contribution >= 0.6 is 23.1 Å². The van der Waals surface area contributed by atoms with Gasteiger partial charge in [-0.2, -0.15) is 26.3 Å². The van der Waals surface area contributed by atoms with E-state index in [1.165, 1.54) is 23.1 Å². The standard InChI is InChI=1S/C17H15F6N3O4S2/c18-16(19,20)12(27)29-15(30-13(28)17(21,22)23)9-24-5-6-26(15)7-8-31-14-25-10-3-1-2-4-11(10)32-14/h1-4,24H,5-9H2. The Morgan fingerprint density at radius 3 is 2.34 bits per heavy atom. The zero-order valence-corrected chi connectivity index (χ0v) is 17.6. The molecule has 0 unspecified atom stereocenters. The fourth-order valence-corrected chi connectivity index (χ4v) is 4.91. The molecule has 0 saturated carbocycles. The minimum absolute atomic E-state index is 0.142. The zero-order chi connectivity index (χ0) is 23.6. The lowest BCUT2D eigenvalue weighted by Gasteiger charge is -2.44. The number of carbonyl (C=O) groups is 2. The van der Waals surface area contributed by atoms with Crippen molar-refractivity contribution in [3.8, 4) is 0 Å². The topological polar surface area (TPSA) is 80.8 Å². The van der Waals surface area contributed by atoms with E-state index < -0.39 is 36.7 Å². The van der Waals surface area contributed by atoms with Gasteiger partial charge in [0, 0.05) is 25.4 Å². The Labute approximate surface area is 185 Å². The van der Waals surface area contributed by atoms with Crippen molar-refractivity contribution in [2.24, 2.45) is 0 Å². The van der Waals surface area contributed by atoms with Gasteiger partial charge in [0.25, 0.3) is 0 Å². The number of thiazole rings is 1. The highest BCUT2D eigenvalue weighted by Gasteiger charge is 2.55. The smallest absolute Gasteiger partial charge is 0.400 e. The normalized spacial score (nSPS) is 17.3. The van der Waals surface area contributed by atoms with Crippen molar-refractivity contribution in [1.82, 2.24) is 15.2 Å². The number of halogens is 6. The molecule has 1 aliphatic rings. The number of alkyl halides is 6. The molecule has 2 aromatic rings. The van der Waals surface area contributed by atoms with Crippen molar-refractivity contribution in [3.63, 3.8) is 0 Å². The van der Waals surface area contributed by atoms with Gasteiger partial charge in [0.15, 0.2) is 4.34 Å². The summed E-state index contributed by atoms with van der Waals surface area (Å²) in [6, 6.07) is 7.28. The molecule has 0 bridgehead atoms. The lowest BCUT2D eigenvalue weighted by Crippen LogP contribution is -2.67. The summed E-state index contributed by atoms with van der Waals surface area (Å²) in [5.41, 5.74) is 0.745. The minimum Gasteiger partial charge on any atom is -0.400 e. The summed E-state index contributed by atoms with van der Waals surface area (Å²) in [6.07, 6.45) is -11.0. The first kappa shape index (κ1) is 24.5. The van der Waals surface area contributed by atoms with Crippen molar-refractivity contribution in [2.45, 2.75) is 22.6 Å². The van der Waals surface area contributed by atoms with Crippen LogP contribution in [0, 0.1) is 0 Å². The molecule has 1 aliphatic heterocycles. The Kier molecular flexibility index (Phi) is 7.21. The third kappa shape index (κ3) is 5.82. The van der Waals surface area contributed by atoms with E-state index >= 15 is 0 Å². The summed E-state index contributed by atoms with van der Waals surface area (Å²) < 4.78 is 86.7. The number of aromatic nitrogens is 1. The summed E-state index contributed by atoms with van der Waals surface area (Å²) in [7, 11) is 0. The molecule has 0 spiro atoms. The third-order valence-electron chi connectivity index (χ3n) is 4.22. The molecule has 1 aromatic carbocycles. The number of esters is 2.